The van der Waals surface area contributed by atoms with E-state index in [0.29, 0.717) is 5.78 Å². The number of rotatable bonds is 0. The molecule has 0 atom stereocenters. The van der Waals surface area contributed by atoms with Crippen LogP contribution in [0.2, 0.25) is 0 Å². The molecule has 0 radical (unpaired) electrons. The molecule has 0 saturated heterocycles. The van der Waals surface area contributed by atoms with E-state index in [1.54, 1.807) is 0 Å². The molecule has 2 heterocycles. The molecule has 2 aromatic heterocycles. The topological polar surface area (TPSA) is 89.3 Å². The van der Waals surface area contributed by atoms with Gasteiger partial charge in [0.25, 0.3) is 5.78 Å². The third kappa shape index (κ3) is 0.841. The molecule has 0 aliphatic rings. The summed E-state index contributed by atoms with van der Waals surface area (Å²) >= 11 is 0. The van der Waals surface area contributed by atoms with Crippen LogP contribution >= 0.6 is 0 Å². The molecule has 0 aliphatic carbocycles. The van der Waals surface area contributed by atoms with Crippen LogP contribution in [0.3, 0.4) is 0 Å². The lowest BCUT2D eigenvalue weighted by atomic mass is 10.6. The van der Waals surface area contributed by atoms with Gasteiger partial charge >= 0.3 is 0 Å². The number of nitrogens with two attached hydrogens (primary N) is 1. The standard InChI is InChI=1S/C5H5N5O/c6-4-8-5-7-1-3(11)2-10(5)9-4/h1-2,11H,(H2,6,9). The zero-order valence-corrected chi connectivity index (χ0v) is 5.47. The summed E-state index contributed by atoms with van der Waals surface area (Å²) in [5, 5.41) is 12.7. The van der Waals surface area contributed by atoms with Crippen LogP contribution in [0.4, 0.5) is 5.95 Å². The lowest BCUT2D eigenvalue weighted by Gasteiger charge is -1.89. The number of aromatic hydroxyl groups is 1. The summed E-state index contributed by atoms with van der Waals surface area (Å²) in [6.45, 7) is 0. The van der Waals surface area contributed by atoms with E-state index in [4.69, 9.17) is 10.8 Å². The molecule has 2 rings (SSSR count). The number of nitrogens with zero attached hydrogens (tertiary/aromatic N) is 4. The van der Waals surface area contributed by atoms with E-state index in [-0.39, 0.29) is 11.7 Å². The quantitative estimate of drug-likeness (QED) is 0.525. The molecule has 6 nitrogen and oxygen atoms in total. The highest BCUT2D eigenvalue weighted by Crippen LogP contribution is 2.06. The number of nitrogen functional groups attached to an aromatic ring is 1. The Bertz CT molecular complexity index is 395. The summed E-state index contributed by atoms with van der Waals surface area (Å²) < 4.78 is 1.31. The monoisotopic (exact) mass is 151 g/mol. The van der Waals surface area contributed by atoms with Gasteiger partial charge in [0.1, 0.15) is 0 Å². The van der Waals surface area contributed by atoms with Gasteiger partial charge in [-0.2, -0.15) is 9.50 Å². The molecule has 3 N–H and O–H groups in total. The molecule has 0 unspecified atom stereocenters. The first-order chi connectivity index (χ1) is 5.25. The smallest absolute Gasteiger partial charge is 0.254 e. The van der Waals surface area contributed by atoms with Gasteiger partial charge in [-0.25, -0.2) is 4.98 Å². The van der Waals surface area contributed by atoms with Crippen molar-refractivity contribution in [2.75, 3.05) is 5.73 Å². The summed E-state index contributed by atoms with van der Waals surface area (Å²) in [6, 6.07) is 0. The Morgan fingerprint density at radius 2 is 2.36 bits per heavy atom. The van der Waals surface area contributed by atoms with Gasteiger partial charge in [-0.3, -0.25) is 0 Å². The molecule has 0 saturated carbocycles. The summed E-state index contributed by atoms with van der Waals surface area (Å²) in [4.78, 5) is 7.52. The fourth-order valence-corrected chi connectivity index (χ4v) is 0.788. The predicted molar refractivity (Wildman–Crippen MR) is 36.9 cm³/mol. The minimum absolute atomic E-state index is 0.0300. The molecule has 0 aliphatic heterocycles. The number of hydrogen-bond donors (Lipinski definition) is 2. The summed E-state index contributed by atoms with van der Waals surface area (Å²) in [6.07, 6.45) is 2.66. The molecular weight excluding hydrogens is 146 g/mol. The van der Waals surface area contributed by atoms with E-state index in [1.165, 1.54) is 16.9 Å². The van der Waals surface area contributed by atoms with Crippen molar-refractivity contribution in [1.82, 2.24) is 19.6 Å². The number of anilines is 1. The van der Waals surface area contributed by atoms with Crippen LogP contribution in [0.15, 0.2) is 12.4 Å². The Morgan fingerprint density at radius 1 is 1.55 bits per heavy atom. The number of aromatic nitrogens is 4. The lowest BCUT2D eigenvalue weighted by Crippen LogP contribution is -1.89. The van der Waals surface area contributed by atoms with Crippen molar-refractivity contribution in [3.8, 4) is 5.75 Å². The van der Waals surface area contributed by atoms with E-state index in [9.17, 15) is 0 Å². The van der Waals surface area contributed by atoms with Gasteiger partial charge in [0.05, 0.1) is 12.4 Å². The van der Waals surface area contributed by atoms with Gasteiger partial charge in [0, 0.05) is 0 Å². The maximum absolute atomic E-state index is 8.95. The number of fused-ring (bicyclic) bond motifs is 1. The van der Waals surface area contributed by atoms with Crippen molar-refractivity contribution in [2.24, 2.45) is 0 Å². The minimum atomic E-state index is 0.0300. The highest BCUT2D eigenvalue weighted by molar-refractivity contribution is 5.34. The largest absolute Gasteiger partial charge is 0.505 e. The molecular formula is C5H5N5O. The van der Waals surface area contributed by atoms with E-state index < -0.39 is 0 Å². The van der Waals surface area contributed by atoms with Crippen LogP contribution in [0.1, 0.15) is 0 Å². The van der Waals surface area contributed by atoms with Crippen molar-refractivity contribution >= 4 is 11.7 Å². The third-order valence-electron chi connectivity index (χ3n) is 1.20. The molecule has 0 aromatic carbocycles. The van der Waals surface area contributed by atoms with Gasteiger partial charge < -0.3 is 10.8 Å². The van der Waals surface area contributed by atoms with Crippen LogP contribution in [-0.2, 0) is 0 Å². The molecule has 0 spiro atoms. The fraction of sp³-hybridized carbons (Fsp3) is 0. The van der Waals surface area contributed by atoms with Crippen LogP contribution in [0.25, 0.3) is 5.78 Å². The molecule has 2 aromatic rings. The van der Waals surface area contributed by atoms with Crippen LogP contribution in [-0.4, -0.2) is 24.7 Å². The summed E-state index contributed by atoms with van der Waals surface area (Å²) in [5.74, 6) is 0.547. The van der Waals surface area contributed by atoms with E-state index in [0.717, 1.165) is 0 Å². The van der Waals surface area contributed by atoms with Gasteiger partial charge in [0.2, 0.25) is 5.95 Å². The van der Waals surface area contributed by atoms with Crippen molar-refractivity contribution < 1.29 is 5.11 Å². The second kappa shape index (κ2) is 1.82. The number of hydrogen-bond acceptors (Lipinski definition) is 5. The highest BCUT2D eigenvalue weighted by atomic mass is 16.3. The Labute approximate surface area is 61.3 Å². The van der Waals surface area contributed by atoms with Gasteiger partial charge in [-0.15, -0.1) is 5.10 Å². The van der Waals surface area contributed by atoms with E-state index in [2.05, 4.69) is 15.1 Å². The lowest BCUT2D eigenvalue weighted by molar-refractivity contribution is 0.467. The first-order valence-electron chi connectivity index (χ1n) is 2.92. The molecule has 0 fully saturated rings. The third-order valence-corrected chi connectivity index (χ3v) is 1.20. The zero-order valence-electron chi connectivity index (χ0n) is 5.47. The maximum Gasteiger partial charge on any atom is 0.254 e. The van der Waals surface area contributed by atoms with Crippen molar-refractivity contribution in [3.63, 3.8) is 0 Å². The molecule has 6 heteroatoms. The average molecular weight is 151 g/mol. The van der Waals surface area contributed by atoms with Crippen molar-refractivity contribution in [3.05, 3.63) is 12.4 Å². The first-order valence-corrected chi connectivity index (χ1v) is 2.92. The van der Waals surface area contributed by atoms with Crippen LogP contribution < -0.4 is 5.73 Å². The van der Waals surface area contributed by atoms with Gasteiger partial charge in [0.15, 0.2) is 5.75 Å². The summed E-state index contributed by atoms with van der Waals surface area (Å²) in [7, 11) is 0. The molecule has 11 heavy (non-hydrogen) atoms. The second-order valence-electron chi connectivity index (χ2n) is 2.03. The first kappa shape index (κ1) is 5.90. The Morgan fingerprint density at radius 3 is 3.18 bits per heavy atom. The van der Waals surface area contributed by atoms with Gasteiger partial charge in [-0.05, 0) is 0 Å². The molecule has 0 bridgehead atoms. The average Bonchev–Trinajstić information content (AvgIpc) is 2.27. The Hall–Kier alpha value is -1.85. The normalized spacial score (nSPS) is 10.5. The minimum Gasteiger partial charge on any atom is -0.505 e. The molecule has 0 amide bonds. The highest BCUT2D eigenvalue weighted by Gasteiger charge is 1.99. The molecule has 56 valence electrons. The van der Waals surface area contributed by atoms with E-state index in [1.807, 2.05) is 0 Å². The van der Waals surface area contributed by atoms with E-state index >= 15 is 0 Å². The zero-order chi connectivity index (χ0) is 7.84. The van der Waals surface area contributed by atoms with Crippen LogP contribution in [0, 0.1) is 0 Å². The van der Waals surface area contributed by atoms with Crippen molar-refractivity contribution in [1.29, 1.82) is 0 Å². The fourth-order valence-electron chi connectivity index (χ4n) is 0.788. The second-order valence-corrected chi connectivity index (χ2v) is 2.03. The summed E-state index contributed by atoms with van der Waals surface area (Å²) in [5.41, 5.74) is 5.28. The Balaban J connectivity index is 2.82. The van der Waals surface area contributed by atoms with Gasteiger partial charge in [-0.1, -0.05) is 0 Å². The van der Waals surface area contributed by atoms with Crippen molar-refractivity contribution in [2.45, 2.75) is 0 Å². The predicted octanol–water partition coefficient (Wildman–Crippen LogP) is -0.588. The SMILES string of the molecule is Nc1nc2ncc(O)cn2n1. The Kier molecular flexibility index (Phi) is 0.974. The maximum atomic E-state index is 8.95. The van der Waals surface area contributed by atoms with Crippen LogP contribution in [0.5, 0.6) is 5.75 Å².